The van der Waals surface area contributed by atoms with Gasteiger partial charge in [-0.1, -0.05) is 29.8 Å². The molecule has 0 fully saturated rings. The van der Waals surface area contributed by atoms with Gasteiger partial charge in [0.1, 0.15) is 5.82 Å². The van der Waals surface area contributed by atoms with E-state index >= 15 is 0 Å². The highest BCUT2D eigenvalue weighted by atomic mass is 35.5. The number of halogens is 1. The Hall–Kier alpha value is -3.74. The van der Waals surface area contributed by atoms with Crippen LogP contribution < -0.4 is 16.4 Å². The molecule has 2 atom stereocenters. The lowest BCUT2D eigenvalue weighted by molar-refractivity contribution is 0.750. The normalized spacial score (nSPS) is 12.8. The standard InChI is InChI=1S/C22H22ClN9/c1-14-10-20(27-13-18(25)16-5-3-9-26-12-16)32-22(28-14)30-21(31-32)29-19(7-8-24)15-4-2-6-17(23)11-15/h2-6,9-12,18-19,27H,7,13,25H2,1H3,(H,29,31)/t18-,19-/m1/s1. The van der Waals surface area contributed by atoms with Crippen molar-refractivity contribution >= 4 is 29.1 Å². The molecule has 1 aromatic carbocycles. The number of pyridine rings is 1. The first kappa shape index (κ1) is 21.5. The van der Waals surface area contributed by atoms with Gasteiger partial charge in [0.25, 0.3) is 5.78 Å². The van der Waals surface area contributed by atoms with Crippen molar-refractivity contribution in [2.24, 2.45) is 5.73 Å². The highest BCUT2D eigenvalue weighted by molar-refractivity contribution is 6.30. The first-order chi connectivity index (χ1) is 15.5. The molecule has 4 rings (SSSR count). The average molecular weight is 448 g/mol. The molecule has 10 heteroatoms. The number of benzene rings is 1. The lowest BCUT2D eigenvalue weighted by atomic mass is 10.0. The average Bonchev–Trinajstić information content (AvgIpc) is 3.20. The number of nitrogens with zero attached hydrogens (tertiary/aromatic N) is 6. The third kappa shape index (κ3) is 4.94. The van der Waals surface area contributed by atoms with Crippen LogP contribution in [0.15, 0.2) is 54.9 Å². The molecule has 32 heavy (non-hydrogen) atoms. The molecule has 9 nitrogen and oxygen atoms in total. The van der Waals surface area contributed by atoms with E-state index in [0.717, 1.165) is 16.8 Å². The number of aryl methyl sites for hydroxylation is 1. The van der Waals surface area contributed by atoms with Crippen LogP contribution in [-0.4, -0.2) is 31.1 Å². The van der Waals surface area contributed by atoms with Gasteiger partial charge in [0.15, 0.2) is 0 Å². The topological polar surface area (TPSA) is 130 Å². The monoisotopic (exact) mass is 447 g/mol. The largest absolute Gasteiger partial charge is 0.368 e. The molecule has 0 aliphatic rings. The zero-order chi connectivity index (χ0) is 22.5. The number of rotatable bonds is 8. The Morgan fingerprint density at radius 2 is 2.03 bits per heavy atom. The quantitative estimate of drug-likeness (QED) is 0.373. The lowest BCUT2D eigenvalue weighted by Gasteiger charge is -2.15. The van der Waals surface area contributed by atoms with Gasteiger partial charge in [-0.2, -0.15) is 14.8 Å². The van der Waals surface area contributed by atoms with E-state index in [0.29, 0.717) is 29.1 Å². The van der Waals surface area contributed by atoms with Crippen molar-refractivity contribution in [1.29, 1.82) is 5.26 Å². The summed E-state index contributed by atoms with van der Waals surface area (Å²) in [4.78, 5) is 13.1. The number of aromatic nitrogens is 5. The maximum absolute atomic E-state index is 9.27. The highest BCUT2D eigenvalue weighted by Gasteiger charge is 2.17. The number of nitrogens with two attached hydrogens (primary N) is 1. The van der Waals surface area contributed by atoms with Gasteiger partial charge in [0, 0.05) is 41.8 Å². The summed E-state index contributed by atoms with van der Waals surface area (Å²) < 4.78 is 1.62. The summed E-state index contributed by atoms with van der Waals surface area (Å²) >= 11 is 6.12. The molecule has 4 N–H and O–H groups in total. The zero-order valence-electron chi connectivity index (χ0n) is 17.4. The van der Waals surface area contributed by atoms with Gasteiger partial charge in [-0.25, -0.2) is 4.98 Å². The number of fused-ring (bicyclic) bond motifs is 1. The molecule has 3 aromatic heterocycles. The van der Waals surface area contributed by atoms with E-state index in [1.165, 1.54) is 0 Å². The van der Waals surface area contributed by atoms with Gasteiger partial charge in [0.2, 0.25) is 5.95 Å². The number of hydrogen-bond acceptors (Lipinski definition) is 8. The molecule has 0 saturated carbocycles. The van der Waals surface area contributed by atoms with Crippen molar-refractivity contribution in [2.75, 3.05) is 17.2 Å². The van der Waals surface area contributed by atoms with Crippen LogP contribution in [0.5, 0.6) is 0 Å². The fourth-order valence-electron chi connectivity index (χ4n) is 3.32. The number of nitrogens with one attached hydrogen (secondary N) is 2. The molecule has 0 spiro atoms. The van der Waals surface area contributed by atoms with Gasteiger partial charge in [-0.3, -0.25) is 4.98 Å². The summed E-state index contributed by atoms with van der Waals surface area (Å²) in [5.41, 5.74) is 8.89. The molecule has 0 radical (unpaired) electrons. The van der Waals surface area contributed by atoms with Crippen LogP contribution in [0.25, 0.3) is 5.78 Å². The van der Waals surface area contributed by atoms with Crippen LogP contribution in [0, 0.1) is 18.3 Å². The van der Waals surface area contributed by atoms with E-state index in [9.17, 15) is 5.26 Å². The minimum atomic E-state index is -0.312. The minimum Gasteiger partial charge on any atom is -0.368 e. The van der Waals surface area contributed by atoms with Gasteiger partial charge in [0.05, 0.1) is 18.5 Å². The van der Waals surface area contributed by atoms with E-state index < -0.39 is 0 Å². The van der Waals surface area contributed by atoms with E-state index in [2.05, 4.69) is 36.8 Å². The highest BCUT2D eigenvalue weighted by Crippen LogP contribution is 2.24. The summed E-state index contributed by atoms with van der Waals surface area (Å²) in [6.07, 6.45) is 3.70. The smallest absolute Gasteiger partial charge is 0.256 e. The number of anilines is 2. The Morgan fingerprint density at radius 1 is 1.19 bits per heavy atom. The predicted molar refractivity (Wildman–Crippen MR) is 123 cm³/mol. The number of nitriles is 1. The van der Waals surface area contributed by atoms with Crippen molar-refractivity contribution < 1.29 is 0 Å². The van der Waals surface area contributed by atoms with Gasteiger partial charge in [-0.15, -0.1) is 5.10 Å². The summed E-state index contributed by atoms with van der Waals surface area (Å²) in [5, 5.41) is 21.0. The molecule has 0 amide bonds. The maximum atomic E-state index is 9.27. The van der Waals surface area contributed by atoms with Crippen molar-refractivity contribution in [3.63, 3.8) is 0 Å². The Morgan fingerprint density at radius 3 is 2.78 bits per heavy atom. The third-order valence-electron chi connectivity index (χ3n) is 4.91. The Balaban J connectivity index is 1.57. The van der Waals surface area contributed by atoms with E-state index in [1.54, 1.807) is 23.0 Å². The SMILES string of the molecule is Cc1cc(NC[C@@H](N)c2cccnc2)n2nc(N[C@H](CC#N)c3cccc(Cl)c3)nc2n1. The second kappa shape index (κ2) is 9.60. The van der Waals surface area contributed by atoms with Crippen LogP contribution in [-0.2, 0) is 0 Å². The maximum Gasteiger partial charge on any atom is 0.256 e. The van der Waals surface area contributed by atoms with Crippen LogP contribution in [0.3, 0.4) is 0 Å². The van der Waals surface area contributed by atoms with Crippen LogP contribution in [0.4, 0.5) is 11.8 Å². The van der Waals surface area contributed by atoms with E-state index in [1.807, 2.05) is 43.3 Å². The van der Waals surface area contributed by atoms with E-state index in [4.69, 9.17) is 17.3 Å². The summed E-state index contributed by atoms with van der Waals surface area (Å²) in [6.45, 7) is 2.37. The van der Waals surface area contributed by atoms with Crippen LogP contribution in [0.1, 0.15) is 35.3 Å². The molecule has 0 unspecified atom stereocenters. The lowest BCUT2D eigenvalue weighted by Crippen LogP contribution is -2.22. The molecule has 0 saturated heterocycles. The summed E-state index contributed by atoms with van der Waals surface area (Å²) in [7, 11) is 0. The van der Waals surface area contributed by atoms with Gasteiger partial charge in [-0.05, 0) is 36.2 Å². The van der Waals surface area contributed by atoms with Crippen LogP contribution >= 0.6 is 11.6 Å². The van der Waals surface area contributed by atoms with Gasteiger partial charge < -0.3 is 16.4 Å². The molecule has 0 aliphatic carbocycles. The Kier molecular flexibility index (Phi) is 6.44. The number of hydrogen-bond donors (Lipinski definition) is 3. The fraction of sp³-hybridized carbons (Fsp3) is 0.227. The van der Waals surface area contributed by atoms with E-state index in [-0.39, 0.29) is 18.5 Å². The molecule has 3 heterocycles. The molecular weight excluding hydrogens is 426 g/mol. The second-order valence-corrected chi connectivity index (χ2v) is 7.75. The van der Waals surface area contributed by atoms with Crippen molar-refractivity contribution in [2.45, 2.75) is 25.4 Å². The van der Waals surface area contributed by atoms with Gasteiger partial charge >= 0.3 is 0 Å². The first-order valence-corrected chi connectivity index (χ1v) is 10.4. The van der Waals surface area contributed by atoms with Crippen molar-refractivity contribution in [3.05, 3.63) is 76.7 Å². The third-order valence-corrected chi connectivity index (χ3v) is 5.14. The zero-order valence-corrected chi connectivity index (χ0v) is 18.2. The molecule has 4 aromatic rings. The first-order valence-electron chi connectivity index (χ1n) is 10.1. The molecule has 162 valence electrons. The Labute approximate surface area is 190 Å². The predicted octanol–water partition coefficient (Wildman–Crippen LogP) is 3.66. The molecular formula is C22H22ClN9. The van der Waals surface area contributed by atoms with Crippen LogP contribution in [0.2, 0.25) is 5.02 Å². The summed E-state index contributed by atoms with van der Waals surface area (Å²) in [5.74, 6) is 1.52. The van der Waals surface area contributed by atoms with Crippen molar-refractivity contribution in [1.82, 2.24) is 24.6 Å². The Bertz CT molecular complexity index is 1250. The fourth-order valence-corrected chi connectivity index (χ4v) is 3.52. The second-order valence-electron chi connectivity index (χ2n) is 7.32. The molecule has 0 aliphatic heterocycles. The van der Waals surface area contributed by atoms with Crippen molar-refractivity contribution in [3.8, 4) is 6.07 Å². The molecule has 0 bridgehead atoms. The summed E-state index contributed by atoms with van der Waals surface area (Å²) in [6, 6.07) is 14.7. The minimum absolute atomic E-state index is 0.230.